The zero-order valence-corrected chi connectivity index (χ0v) is 12.7. The number of rotatable bonds is 4. The maximum Gasteiger partial charge on any atom is 0.253 e. The lowest BCUT2D eigenvalue weighted by atomic mass is 10.2. The Balaban J connectivity index is 2.90. The van der Waals surface area contributed by atoms with Crippen LogP contribution in [0.5, 0.6) is 0 Å². The average Bonchev–Trinajstić information content (AvgIpc) is 2.28. The lowest BCUT2D eigenvalue weighted by Crippen LogP contribution is -2.33. The van der Waals surface area contributed by atoms with E-state index in [1.54, 1.807) is 11.0 Å². The Bertz CT molecular complexity index is 384. The van der Waals surface area contributed by atoms with Crippen molar-refractivity contribution in [2.75, 3.05) is 19.7 Å². The maximum absolute atomic E-state index is 12.0. The van der Waals surface area contributed by atoms with Crippen LogP contribution in [0.15, 0.2) is 22.7 Å². The summed E-state index contributed by atoms with van der Waals surface area (Å²) in [5, 5.41) is 8.86. The summed E-state index contributed by atoms with van der Waals surface area (Å²) in [4.78, 5) is 13.6. The second kappa shape index (κ2) is 6.56. The Labute approximate surface area is 117 Å². The first kappa shape index (κ1) is 13.9. The van der Waals surface area contributed by atoms with E-state index in [4.69, 9.17) is 5.11 Å². The predicted molar refractivity (Wildman–Crippen MR) is 75.5 cm³/mol. The number of carbonyl (C=O) groups is 1. The highest BCUT2D eigenvalue weighted by Crippen LogP contribution is 2.21. The normalized spacial score (nSPS) is 10.2. The van der Waals surface area contributed by atoms with Gasteiger partial charge in [-0.15, -0.1) is 0 Å². The van der Waals surface area contributed by atoms with Crippen LogP contribution < -0.4 is 0 Å². The summed E-state index contributed by atoms with van der Waals surface area (Å²) < 4.78 is 1.98. The van der Waals surface area contributed by atoms with Crippen molar-refractivity contribution in [1.29, 1.82) is 0 Å². The third-order valence-corrected chi connectivity index (χ3v) is 4.54. The van der Waals surface area contributed by atoms with E-state index < -0.39 is 0 Å². The number of amides is 1. The van der Waals surface area contributed by atoms with E-state index in [1.807, 2.05) is 19.1 Å². The first-order valence-corrected chi connectivity index (χ1v) is 6.82. The number of aliphatic hydroxyl groups is 1. The second-order valence-electron chi connectivity index (χ2n) is 3.24. The molecule has 5 heteroatoms. The molecule has 0 fully saturated rings. The van der Waals surface area contributed by atoms with Gasteiger partial charge in [0, 0.05) is 26.7 Å². The molecular formula is C11H13BrINO2. The molecule has 0 aliphatic carbocycles. The first-order chi connectivity index (χ1) is 7.60. The zero-order valence-electron chi connectivity index (χ0n) is 8.91. The molecule has 0 saturated carbocycles. The Morgan fingerprint density at radius 2 is 2.25 bits per heavy atom. The van der Waals surface area contributed by atoms with Gasteiger partial charge in [-0.2, -0.15) is 0 Å². The van der Waals surface area contributed by atoms with E-state index >= 15 is 0 Å². The number of nitrogens with zero attached hydrogens (tertiary/aromatic N) is 1. The van der Waals surface area contributed by atoms with E-state index in [0.717, 1.165) is 8.04 Å². The Kier molecular flexibility index (Phi) is 5.71. The van der Waals surface area contributed by atoms with E-state index in [2.05, 4.69) is 38.5 Å². The standard InChI is InChI=1S/C11H13BrINO2/c1-2-14(5-6-15)11(16)8-3-4-10(13)9(12)7-8/h3-4,7,15H,2,5-6H2,1H3. The van der Waals surface area contributed by atoms with Gasteiger partial charge in [0.05, 0.1) is 6.61 Å². The van der Waals surface area contributed by atoms with E-state index in [9.17, 15) is 4.79 Å². The molecule has 16 heavy (non-hydrogen) atoms. The van der Waals surface area contributed by atoms with E-state index in [-0.39, 0.29) is 12.5 Å². The van der Waals surface area contributed by atoms with Crippen molar-refractivity contribution >= 4 is 44.4 Å². The molecule has 0 atom stereocenters. The third kappa shape index (κ3) is 3.43. The van der Waals surface area contributed by atoms with Gasteiger partial charge in [0.15, 0.2) is 0 Å². The fraction of sp³-hybridized carbons (Fsp3) is 0.364. The van der Waals surface area contributed by atoms with Crippen LogP contribution in [-0.4, -0.2) is 35.6 Å². The Hall–Kier alpha value is -0.140. The molecular weight excluding hydrogens is 385 g/mol. The third-order valence-electron chi connectivity index (χ3n) is 2.21. The molecule has 1 rings (SSSR count). The minimum atomic E-state index is -0.0475. The number of hydrogen-bond acceptors (Lipinski definition) is 2. The summed E-state index contributed by atoms with van der Waals surface area (Å²) in [6, 6.07) is 5.50. The highest BCUT2D eigenvalue weighted by molar-refractivity contribution is 14.1. The molecule has 3 nitrogen and oxygen atoms in total. The van der Waals surface area contributed by atoms with Crippen LogP contribution in [0.1, 0.15) is 17.3 Å². The Morgan fingerprint density at radius 1 is 1.56 bits per heavy atom. The van der Waals surface area contributed by atoms with E-state index in [0.29, 0.717) is 18.7 Å². The molecule has 0 spiro atoms. The minimum Gasteiger partial charge on any atom is -0.395 e. The monoisotopic (exact) mass is 397 g/mol. The summed E-state index contributed by atoms with van der Waals surface area (Å²) >= 11 is 5.59. The van der Waals surface area contributed by atoms with Gasteiger partial charge in [-0.3, -0.25) is 4.79 Å². The molecule has 1 N–H and O–H groups in total. The van der Waals surface area contributed by atoms with Crippen molar-refractivity contribution in [3.8, 4) is 0 Å². The minimum absolute atomic E-state index is 0.00881. The van der Waals surface area contributed by atoms with Gasteiger partial charge in [-0.1, -0.05) is 0 Å². The van der Waals surface area contributed by atoms with Gasteiger partial charge in [-0.05, 0) is 63.6 Å². The number of likely N-dealkylation sites (N-methyl/N-ethyl adjacent to an activating group) is 1. The molecule has 0 aromatic heterocycles. The molecule has 0 aliphatic rings. The zero-order chi connectivity index (χ0) is 12.1. The number of halogens is 2. The molecule has 0 bridgehead atoms. The molecule has 0 aliphatic heterocycles. The van der Waals surface area contributed by atoms with Crippen molar-refractivity contribution in [2.24, 2.45) is 0 Å². The second-order valence-corrected chi connectivity index (χ2v) is 5.25. The fourth-order valence-electron chi connectivity index (χ4n) is 1.34. The number of aliphatic hydroxyl groups excluding tert-OH is 1. The molecule has 88 valence electrons. The van der Waals surface area contributed by atoms with Crippen LogP contribution >= 0.6 is 38.5 Å². The van der Waals surface area contributed by atoms with Crippen LogP contribution in [0, 0.1) is 3.57 Å². The van der Waals surface area contributed by atoms with Gasteiger partial charge < -0.3 is 10.0 Å². The number of hydrogen-bond donors (Lipinski definition) is 1. The van der Waals surface area contributed by atoms with Crippen LogP contribution in [-0.2, 0) is 0 Å². The largest absolute Gasteiger partial charge is 0.395 e. The van der Waals surface area contributed by atoms with Gasteiger partial charge in [0.1, 0.15) is 0 Å². The van der Waals surface area contributed by atoms with Crippen LogP contribution in [0.25, 0.3) is 0 Å². The molecule has 1 aromatic rings. The molecule has 0 saturated heterocycles. The number of carbonyl (C=O) groups excluding carboxylic acids is 1. The SMILES string of the molecule is CCN(CCO)C(=O)c1ccc(I)c(Br)c1. The summed E-state index contributed by atoms with van der Waals surface area (Å²) in [6.07, 6.45) is 0. The maximum atomic E-state index is 12.0. The smallest absolute Gasteiger partial charge is 0.253 e. The topological polar surface area (TPSA) is 40.5 Å². The summed E-state index contributed by atoms with van der Waals surface area (Å²) in [5.41, 5.74) is 0.641. The molecule has 1 amide bonds. The summed E-state index contributed by atoms with van der Waals surface area (Å²) in [6.45, 7) is 2.86. The van der Waals surface area contributed by atoms with Gasteiger partial charge in [0.2, 0.25) is 0 Å². The average molecular weight is 398 g/mol. The Morgan fingerprint density at radius 3 is 2.75 bits per heavy atom. The van der Waals surface area contributed by atoms with E-state index in [1.165, 1.54) is 0 Å². The van der Waals surface area contributed by atoms with Crippen molar-refractivity contribution < 1.29 is 9.90 Å². The van der Waals surface area contributed by atoms with Crippen molar-refractivity contribution in [3.05, 3.63) is 31.8 Å². The molecule has 1 aromatic carbocycles. The molecule has 0 radical (unpaired) electrons. The molecule has 0 heterocycles. The van der Waals surface area contributed by atoms with Crippen molar-refractivity contribution in [3.63, 3.8) is 0 Å². The van der Waals surface area contributed by atoms with Gasteiger partial charge in [-0.25, -0.2) is 0 Å². The summed E-state index contributed by atoms with van der Waals surface area (Å²) in [7, 11) is 0. The van der Waals surface area contributed by atoms with Crippen molar-refractivity contribution in [1.82, 2.24) is 4.90 Å². The first-order valence-electron chi connectivity index (χ1n) is 4.95. The highest BCUT2D eigenvalue weighted by atomic mass is 127. The predicted octanol–water partition coefficient (Wildman–Crippen LogP) is 2.51. The van der Waals surface area contributed by atoms with Crippen LogP contribution in [0.2, 0.25) is 0 Å². The summed E-state index contributed by atoms with van der Waals surface area (Å²) in [5.74, 6) is -0.0475. The van der Waals surface area contributed by atoms with Crippen LogP contribution in [0.3, 0.4) is 0 Å². The number of benzene rings is 1. The lowest BCUT2D eigenvalue weighted by molar-refractivity contribution is 0.0732. The fourth-order valence-corrected chi connectivity index (χ4v) is 2.05. The van der Waals surface area contributed by atoms with Crippen molar-refractivity contribution in [2.45, 2.75) is 6.92 Å². The quantitative estimate of drug-likeness (QED) is 0.793. The highest BCUT2D eigenvalue weighted by Gasteiger charge is 2.14. The van der Waals surface area contributed by atoms with Crippen LogP contribution in [0.4, 0.5) is 0 Å². The van der Waals surface area contributed by atoms with Gasteiger partial charge >= 0.3 is 0 Å². The molecule has 0 unspecified atom stereocenters. The lowest BCUT2D eigenvalue weighted by Gasteiger charge is -2.19. The van der Waals surface area contributed by atoms with Gasteiger partial charge in [0.25, 0.3) is 5.91 Å².